The normalized spacial score (nSPS) is 29.9. The molecule has 1 heterocycles. The summed E-state index contributed by atoms with van der Waals surface area (Å²) in [5, 5.41) is 9.12. The predicted molar refractivity (Wildman–Crippen MR) is 49.7 cm³/mol. The van der Waals surface area contributed by atoms with E-state index >= 15 is 0 Å². The minimum absolute atomic E-state index is 0.270. The van der Waals surface area contributed by atoms with Crippen molar-refractivity contribution < 1.29 is 5.11 Å². The van der Waals surface area contributed by atoms with E-state index in [2.05, 4.69) is 23.7 Å². The van der Waals surface area contributed by atoms with Gasteiger partial charge in [-0.2, -0.15) is 0 Å². The van der Waals surface area contributed by atoms with Crippen LogP contribution in [0.25, 0.3) is 0 Å². The topological polar surface area (TPSA) is 23.5 Å². The van der Waals surface area contributed by atoms with Crippen LogP contribution in [0.5, 0.6) is 0 Å². The highest BCUT2D eigenvalue weighted by Crippen LogP contribution is 2.22. The molecule has 0 bridgehead atoms. The summed E-state index contributed by atoms with van der Waals surface area (Å²) in [7, 11) is 0. The summed E-state index contributed by atoms with van der Waals surface area (Å²) >= 11 is 0. The van der Waals surface area contributed by atoms with E-state index in [0.717, 1.165) is 13.1 Å². The lowest BCUT2D eigenvalue weighted by Crippen LogP contribution is -2.35. The van der Waals surface area contributed by atoms with E-state index < -0.39 is 0 Å². The molecule has 2 atom stereocenters. The molecule has 1 N–H and O–H groups in total. The average Bonchev–Trinajstić information content (AvgIpc) is 2.43. The molecule has 0 saturated carbocycles. The highest BCUT2D eigenvalue weighted by molar-refractivity contribution is 5.00. The molecule has 1 rings (SSSR count). The molecule has 2 unspecified atom stereocenters. The fraction of sp³-hybridized carbons (Fsp3) is 0.800. The Kier molecular flexibility index (Phi) is 3.58. The monoisotopic (exact) mass is 167 g/mol. The number of likely N-dealkylation sites (tertiary alicyclic amines) is 1. The fourth-order valence-corrected chi connectivity index (χ4v) is 1.76. The zero-order chi connectivity index (χ0) is 8.97. The summed E-state index contributed by atoms with van der Waals surface area (Å²) in [5.74, 6) is 6.54. The van der Waals surface area contributed by atoms with Crippen LogP contribution in [-0.4, -0.2) is 35.7 Å². The molecule has 68 valence electrons. The molecular formula is C10H17NO. The van der Waals surface area contributed by atoms with Crippen LogP contribution in [0.15, 0.2) is 0 Å². The summed E-state index contributed by atoms with van der Waals surface area (Å²) in [6.07, 6.45) is 1.19. The van der Waals surface area contributed by atoms with Gasteiger partial charge in [0.15, 0.2) is 0 Å². The van der Waals surface area contributed by atoms with Gasteiger partial charge in [-0.25, -0.2) is 0 Å². The maximum atomic E-state index is 9.12. The Bertz CT molecular complexity index is 192. The van der Waals surface area contributed by atoms with E-state index in [1.165, 1.54) is 6.42 Å². The Labute approximate surface area is 74.6 Å². The SMILES string of the molecule is CC#CCN1CCC(C)C1CO. The van der Waals surface area contributed by atoms with Crippen molar-refractivity contribution in [2.45, 2.75) is 26.3 Å². The first-order valence-corrected chi connectivity index (χ1v) is 4.54. The van der Waals surface area contributed by atoms with E-state index in [-0.39, 0.29) is 6.61 Å². The number of aliphatic hydroxyl groups excluding tert-OH is 1. The first-order chi connectivity index (χ1) is 5.79. The van der Waals surface area contributed by atoms with Gasteiger partial charge >= 0.3 is 0 Å². The van der Waals surface area contributed by atoms with Crippen LogP contribution in [0.2, 0.25) is 0 Å². The van der Waals surface area contributed by atoms with Crippen LogP contribution in [0.4, 0.5) is 0 Å². The van der Waals surface area contributed by atoms with Crippen LogP contribution >= 0.6 is 0 Å². The van der Waals surface area contributed by atoms with Gasteiger partial charge in [0.1, 0.15) is 0 Å². The molecule has 12 heavy (non-hydrogen) atoms. The van der Waals surface area contributed by atoms with E-state index in [4.69, 9.17) is 5.11 Å². The summed E-state index contributed by atoms with van der Waals surface area (Å²) in [6, 6.07) is 0.339. The van der Waals surface area contributed by atoms with E-state index in [1.54, 1.807) is 0 Å². The highest BCUT2D eigenvalue weighted by atomic mass is 16.3. The molecule has 1 fully saturated rings. The number of hydrogen-bond donors (Lipinski definition) is 1. The molecule has 0 aromatic heterocycles. The molecule has 0 aromatic rings. The van der Waals surface area contributed by atoms with Gasteiger partial charge in [0.25, 0.3) is 0 Å². The molecule has 2 heteroatoms. The molecule has 0 aliphatic carbocycles. The van der Waals surface area contributed by atoms with Crippen LogP contribution in [0.3, 0.4) is 0 Å². The molecule has 0 aromatic carbocycles. The van der Waals surface area contributed by atoms with Crippen LogP contribution in [0, 0.1) is 17.8 Å². The predicted octanol–water partition coefficient (Wildman–Crippen LogP) is 0.712. The van der Waals surface area contributed by atoms with Gasteiger partial charge in [0.05, 0.1) is 13.2 Å². The number of rotatable bonds is 2. The molecular weight excluding hydrogens is 150 g/mol. The lowest BCUT2D eigenvalue weighted by Gasteiger charge is -2.22. The summed E-state index contributed by atoms with van der Waals surface area (Å²) in [5.41, 5.74) is 0. The minimum atomic E-state index is 0.270. The van der Waals surface area contributed by atoms with Gasteiger partial charge in [-0.05, 0) is 25.8 Å². The maximum Gasteiger partial charge on any atom is 0.0604 e. The number of aliphatic hydroxyl groups is 1. The van der Waals surface area contributed by atoms with E-state index in [9.17, 15) is 0 Å². The third kappa shape index (κ3) is 2.00. The van der Waals surface area contributed by atoms with Gasteiger partial charge in [-0.1, -0.05) is 12.8 Å². The standard InChI is InChI=1S/C10H17NO/c1-3-4-6-11-7-5-9(2)10(11)8-12/h9-10,12H,5-8H2,1-2H3. The van der Waals surface area contributed by atoms with Gasteiger partial charge < -0.3 is 5.11 Å². The van der Waals surface area contributed by atoms with Gasteiger partial charge in [-0.15, -0.1) is 5.92 Å². The Morgan fingerprint density at radius 3 is 2.92 bits per heavy atom. The molecule has 1 saturated heterocycles. The Hall–Kier alpha value is -0.520. The van der Waals surface area contributed by atoms with Crippen molar-refractivity contribution in [3.05, 3.63) is 0 Å². The zero-order valence-electron chi connectivity index (χ0n) is 7.88. The van der Waals surface area contributed by atoms with Crippen molar-refractivity contribution >= 4 is 0 Å². The third-order valence-electron chi connectivity index (χ3n) is 2.64. The summed E-state index contributed by atoms with van der Waals surface area (Å²) in [6.45, 7) is 6.22. The molecule has 2 nitrogen and oxygen atoms in total. The average molecular weight is 167 g/mol. The quantitative estimate of drug-likeness (QED) is 0.612. The lowest BCUT2D eigenvalue weighted by molar-refractivity contribution is 0.151. The Morgan fingerprint density at radius 1 is 1.58 bits per heavy atom. The van der Waals surface area contributed by atoms with Crippen LogP contribution in [-0.2, 0) is 0 Å². The van der Waals surface area contributed by atoms with Crippen molar-refractivity contribution in [1.29, 1.82) is 0 Å². The zero-order valence-corrected chi connectivity index (χ0v) is 7.88. The number of nitrogens with zero attached hydrogens (tertiary/aromatic N) is 1. The van der Waals surface area contributed by atoms with Gasteiger partial charge in [0, 0.05) is 6.04 Å². The second-order valence-electron chi connectivity index (χ2n) is 3.41. The van der Waals surface area contributed by atoms with Crippen molar-refractivity contribution in [2.24, 2.45) is 5.92 Å². The van der Waals surface area contributed by atoms with Gasteiger partial charge in [-0.3, -0.25) is 4.90 Å². The van der Waals surface area contributed by atoms with Crippen molar-refractivity contribution in [2.75, 3.05) is 19.7 Å². The molecule has 1 aliphatic rings. The van der Waals surface area contributed by atoms with Crippen LogP contribution in [0.1, 0.15) is 20.3 Å². The lowest BCUT2D eigenvalue weighted by atomic mass is 10.0. The Morgan fingerprint density at radius 2 is 2.33 bits per heavy atom. The largest absolute Gasteiger partial charge is 0.395 e. The van der Waals surface area contributed by atoms with E-state index in [1.807, 2.05) is 6.92 Å². The Balaban J connectivity index is 2.46. The summed E-state index contributed by atoms with van der Waals surface area (Å²) < 4.78 is 0. The van der Waals surface area contributed by atoms with Crippen LogP contribution < -0.4 is 0 Å². The molecule has 0 radical (unpaired) electrons. The minimum Gasteiger partial charge on any atom is -0.395 e. The second kappa shape index (κ2) is 4.49. The summed E-state index contributed by atoms with van der Waals surface area (Å²) in [4.78, 5) is 2.27. The molecule has 1 aliphatic heterocycles. The third-order valence-corrected chi connectivity index (χ3v) is 2.64. The van der Waals surface area contributed by atoms with Crippen molar-refractivity contribution in [1.82, 2.24) is 4.90 Å². The fourth-order valence-electron chi connectivity index (χ4n) is 1.76. The van der Waals surface area contributed by atoms with Crippen molar-refractivity contribution in [3.63, 3.8) is 0 Å². The molecule has 0 amide bonds. The molecule has 0 spiro atoms. The van der Waals surface area contributed by atoms with Crippen molar-refractivity contribution in [3.8, 4) is 11.8 Å². The number of hydrogen-bond acceptors (Lipinski definition) is 2. The van der Waals surface area contributed by atoms with E-state index in [0.29, 0.717) is 12.0 Å². The maximum absolute atomic E-state index is 9.12. The van der Waals surface area contributed by atoms with Gasteiger partial charge in [0.2, 0.25) is 0 Å². The smallest absolute Gasteiger partial charge is 0.0604 e. The highest BCUT2D eigenvalue weighted by Gasteiger charge is 2.29. The first-order valence-electron chi connectivity index (χ1n) is 4.54. The second-order valence-corrected chi connectivity index (χ2v) is 3.41. The first kappa shape index (κ1) is 9.57.